The molecule has 0 spiro atoms. The first-order chi connectivity index (χ1) is 14.2. The SMILES string of the molecule is COCCS(=O)(=O)N1CCC(NC(=O)CCn2ncc3c2c(C)nn3C(C)C)CC1. The van der Waals surface area contributed by atoms with Crippen LogP contribution in [0.15, 0.2) is 6.20 Å². The van der Waals surface area contributed by atoms with Gasteiger partial charge in [-0.1, -0.05) is 0 Å². The minimum atomic E-state index is -3.29. The van der Waals surface area contributed by atoms with Crippen molar-refractivity contribution in [3.63, 3.8) is 0 Å². The summed E-state index contributed by atoms with van der Waals surface area (Å²) in [5.74, 6) is -0.0562. The van der Waals surface area contributed by atoms with Crippen LogP contribution in [0.3, 0.4) is 0 Å². The van der Waals surface area contributed by atoms with Crippen LogP contribution in [0.5, 0.6) is 0 Å². The van der Waals surface area contributed by atoms with Crippen LogP contribution in [0.25, 0.3) is 11.0 Å². The molecule has 0 unspecified atom stereocenters. The van der Waals surface area contributed by atoms with Gasteiger partial charge in [0.1, 0.15) is 11.0 Å². The average molecular weight is 441 g/mol. The maximum Gasteiger partial charge on any atom is 0.222 e. The summed E-state index contributed by atoms with van der Waals surface area (Å²) in [7, 11) is -1.80. The van der Waals surface area contributed by atoms with E-state index >= 15 is 0 Å². The van der Waals surface area contributed by atoms with Crippen molar-refractivity contribution >= 4 is 27.0 Å². The van der Waals surface area contributed by atoms with Crippen LogP contribution in [0.4, 0.5) is 0 Å². The van der Waals surface area contributed by atoms with Gasteiger partial charge in [-0.3, -0.25) is 14.2 Å². The molecule has 1 saturated heterocycles. The number of hydrogen-bond acceptors (Lipinski definition) is 6. The Balaban J connectivity index is 1.50. The summed E-state index contributed by atoms with van der Waals surface area (Å²) in [4.78, 5) is 12.4. The van der Waals surface area contributed by atoms with Gasteiger partial charge in [0.05, 0.1) is 30.8 Å². The van der Waals surface area contributed by atoms with Gasteiger partial charge in [-0.05, 0) is 33.6 Å². The second-order valence-corrected chi connectivity index (χ2v) is 10.1. The van der Waals surface area contributed by atoms with Crippen molar-refractivity contribution in [2.75, 3.05) is 32.6 Å². The normalized spacial score (nSPS) is 16.6. The first kappa shape index (κ1) is 22.7. The van der Waals surface area contributed by atoms with Gasteiger partial charge in [0.25, 0.3) is 0 Å². The quantitative estimate of drug-likeness (QED) is 0.624. The second kappa shape index (κ2) is 9.44. The number of carbonyl (C=O) groups is 1. The smallest absolute Gasteiger partial charge is 0.222 e. The molecule has 10 nitrogen and oxygen atoms in total. The topological polar surface area (TPSA) is 111 Å². The lowest BCUT2D eigenvalue weighted by molar-refractivity contribution is -0.122. The molecule has 1 N–H and O–H groups in total. The van der Waals surface area contributed by atoms with Crippen LogP contribution in [-0.2, 0) is 26.1 Å². The number of aryl methyl sites for hydroxylation is 2. The number of methoxy groups -OCH3 is 1. The van der Waals surface area contributed by atoms with Crippen LogP contribution in [0, 0.1) is 6.92 Å². The highest BCUT2D eigenvalue weighted by Gasteiger charge is 2.28. The molecule has 11 heteroatoms. The molecule has 30 heavy (non-hydrogen) atoms. The van der Waals surface area contributed by atoms with Gasteiger partial charge in [-0.2, -0.15) is 10.2 Å². The standard InChI is InChI=1S/C19H32N6O4S/c1-14(2)25-17-13-20-24(19(17)15(3)22-25)10-7-18(26)21-16-5-8-23(9-6-16)30(27,28)12-11-29-4/h13-14,16H,5-12H2,1-4H3,(H,21,26). The molecular formula is C19H32N6O4S. The summed E-state index contributed by atoms with van der Waals surface area (Å²) in [6, 6.07) is 0.237. The summed E-state index contributed by atoms with van der Waals surface area (Å²) in [5.41, 5.74) is 2.84. The molecule has 168 valence electrons. The van der Waals surface area contributed by atoms with Gasteiger partial charge in [0.15, 0.2) is 0 Å². The molecule has 1 fully saturated rings. The zero-order valence-corrected chi connectivity index (χ0v) is 19.0. The van der Waals surface area contributed by atoms with E-state index in [1.165, 1.54) is 11.4 Å². The van der Waals surface area contributed by atoms with Crippen molar-refractivity contribution in [2.45, 2.75) is 58.7 Å². The van der Waals surface area contributed by atoms with Crippen LogP contribution in [-0.4, -0.2) is 76.8 Å². The minimum Gasteiger partial charge on any atom is -0.384 e. The summed E-state index contributed by atoms with van der Waals surface area (Å²) in [6.45, 7) is 7.61. The van der Waals surface area contributed by atoms with E-state index in [2.05, 4.69) is 29.4 Å². The molecule has 0 saturated carbocycles. The molecule has 1 aliphatic heterocycles. The molecule has 1 amide bonds. The Labute approximate surface area is 177 Å². The number of hydrogen-bond donors (Lipinski definition) is 1. The van der Waals surface area contributed by atoms with Crippen molar-refractivity contribution in [1.29, 1.82) is 0 Å². The first-order valence-electron chi connectivity index (χ1n) is 10.4. The molecule has 3 heterocycles. The fourth-order valence-electron chi connectivity index (χ4n) is 3.84. The fourth-order valence-corrected chi connectivity index (χ4v) is 5.25. The Kier molecular flexibility index (Phi) is 7.14. The number of carbonyl (C=O) groups excluding carboxylic acids is 1. The van der Waals surface area contributed by atoms with E-state index in [1.54, 1.807) is 6.20 Å². The van der Waals surface area contributed by atoms with E-state index in [9.17, 15) is 13.2 Å². The lowest BCUT2D eigenvalue weighted by Crippen LogP contribution is -2.47. The molecular weight excluding hydrogens is 408 g/mol. The number of piperidine rings is 1. The maximum atomic E-state index is 12.4. The van der Waals surface area contributed by atoms with Crippen LogP contribution in [0.2, 0.25) is 0 Å². The van der Waals surface area contributed by atoms with Gasteiger partial charge >= 0.3 is 0 Å². The van der Waals surface area contributed by atoms with Gasteiger partial charge in [-0.25, -0.2) is 12.7 Å². The number of nitrogens with zero attached hydrogens (tertiary/aromatic N) is 5. The summed E-state index contributed by atoms with van der Waals surface area (Å²) in [5, 5.41) is 12.0. The predicted octanol–water partition coefficient (Wildman–Crippen LogP) is 1.07. The van der Waals surface area contributed by atoms with E-state index in [-0.39, 0.29) is 30.4 Å². The third kappa shape index (κ3) is 5.01. The van der Waals surface area contributed by atoms with E-state index in [0.717, 1.165) is 16.7 Å². The van der Waals surface area contributed by atoms with Crippen molar-refractivity contribution in [3.8, 4) is 0 Å². The number of fused-ring (bicyclic) bond motifs is 1. The largest absolute Gasteiger partial charge is 0.384 e. The van der Waals surface area contributed by atoms with Crippen LogP contribution in [0.1, 0.15) is 44.8 Å². The van der Waals surface area contributed by atoms with Crippen LogP contribution < -0.4 is 5.32 Å². The first-order valence-corrected chi connectivity index (χ1v) is 12.0. The van der Waals surface area contributed by atoms with Gasteiger partial charge in [-0.15, -0.1) is 0 Å². The van der Waals surface area contributed by atoms with Crippen LogP contribution >= 0.6 is 0 Å². The number of rotatable bonds is 9. The van der Waals surface area contributed by atoms with Gasteiger partial charge in [0.2, 0.25) is 15.9 Å². The highest BCUT2D eigenvalue weighted by molar-refractivity contribution is 7.89. The summed E-state index contributed by atoms with van der Waals surface area (Å²) < 4.78 is 34.6. The molecule has 2 aromatic rings. The second-order valence-electron chi connectivity index (χ2n) is 8.02. The van der Waals surface area contributed by atoms with E-state index < -0.39 is 10.0 Å². The number of sulfonamides is 1. The highest BCUT2D eigenvalue weighted by Crippen LogP contribution is 2.21. The Hall–Kier alpha value is -1.98. The summed E-state index contributed by atoms with van der Waals surface area (Å²) in [6.07, 6.45) is 3.34. The number of amides is 1. The number of nitrogens with one attached hydrogen (secondary N) is 1. The Bertz CT molecular complexity index is 973. The predicted molar refractivity (Wildman–Crippen MR) is 114 cm³/mol. The third-order valence-electron chi connectivity index (χ3n) is 5.47. The molecule has 0 radical (unpaired) electrons. The van der Waals surface area contributed by atoms with Crippen molar-refractivity contribution < 1.29 is 17.9 Å². The highest BCUT2D eigenvalue weighted by atomic mass is 32.2. The lowest BCUT2D eigenvalue weighted by Gasteiger charge is -2.31. The Morgan fingerprint density at radius 1 is 1.33 bits per heavy atom. The molecule has 0 atom stereocenters. The monoisotopic (exact) mass is 440 g/mol. The lowest BCUT2D eigenvalue weighted by atomic mass is 10.1. The van der Waals surface area contributed by atoms with E-state index in [0.29, 0.717) is 38.9 Å². The fraction of sp³-hybridized carbons (Fsp3) is 0.737. The minimum absolute atomic E-state index is 0.00515. The molecule has 1 aliphatic rings. The molecule has 3 rings (SSSR count). The van der Waals surface area contributed by atoms with Crippen molar-refractivity contribution in [3.05, 3.63) is 11.9 Å². The van der Waals surface area contributed by atoms with E-state index in [1.807, 2.05) is 16.3 Å². The zero-order valence-electron chi connectivity index (χ0n) is 18.2. The average Bonchev–Trinajstić information content (AvgIpc) is 3.26. The number of ether oxygens (including phenoxy) is 1. The Morgan fingerprint density at radius 2 is 2.03 bits per heavy atom. The zero-order chi connectivity index (χ0) is 21.9. The third-order valence-corrected chi connectivity index (χ3v) is 7.30. The number of aromatic nitrogens is 4. The molecule has 0 aromatic carbocycles. The van der Waals surface area contributed by atoms with Crippen molar-refractivity contribution in [2.24, 2.45) is 0 Å². The molecule has 0 bridgehead atoms. The maximum absolute atomic E-state index is 12.4. The van der Waals surface area contributed by atoms with Gasteiger partial charge < -0.3 is 10.1 Å². The van der Waals surface area contributed by atoms with Crippen molar-refractivity contribution in [1.82, 2.24) is 29.2 Å². The Morgan fingerprint density at radius 3 is 2.67 bits per heavy atom. The van der Waals surface area contributed by atoms with Gasteiger partial charge in [0, 0.05) is 38.7 Å². The molecule has 0 aliphatic carbocycles. The van der Waals surface area contributed by atoms with E-state index in [4.69, 9.17) is 4.74 Å². The summed E-state index contributed by atoms with van der Waals surface area (Å²) >= 11 is 0. The molecule has 2 aromatic heterocycles.